The number of hydrogen-bond donors (Lipinski definition) is 4. The molecule has 2 heterocycles. The molecule has 1 aromatic rings. The molecule has 1 aliphatic rings. The van der Waals surface area contributed by atoms with Crippen molar-refractivity contribution in [2.45, 2.75) is 91.1 Å². The van der Waals surface area contributed by atoms with Gasteiger partial charge in [0.05, 0.1) is 35.4 Å². The van der Waals surface area contributed by atoms with E-state index in [0.717, 1.165) is 30.0 Å². The third-order valence-corrected chi connectivity index (χ3v) is 7.71. The smallest absolute Gasteiger partial charge is 0.223 e. The van der Waals surface area contributed by atoms with Crippen LogP contribution in [0.4, 0.5) is 0 Å². The fourth-order valence-corrected chi connectivity index (χ4v) is 4.95. The number of aryl methyl sites for hydroxylation is 1. The fraction of sp³-hybridized carbons (Fsp3) is 0.720. The van der Waals surface area contributed by atoms with Crippen molar-refractivity contribution in [2.24, 2.45) is 23.7 Å². The molecule has 0 spiro atoms. The minimum Gasteiger partial charge on any atom is -0.393 e. The van der Waals surface area contributed by atoms with Crippen molar-refractivity contribution < 1.29 is 24.9 Å². The van der Waals surface area contributed by atoms with Gasteiger partial charge in [0.2, 0.25) is 5.91 Å². The molecule has 4 unspecified atom stereocenters. The molecule has 8 heteroatoms. The zero-order valence-electron chi connectivity index (χ0n) is 20.4. The normalized spacial score (nSPS) is 36.1. The number of thiazole rings is 1. The van der Waals surface area contributed by atoms with Crippen molar-refractivity contribution in [1.29, 1.82) is 0 Å². The quantitative estimate of drug-likeness (QED) is 0.516. The molecule has 1 saturated heterocycles. The molecule has 7 nitrogen and oxygen atoms in total. The van der Waals surface area contributed by atoms with Gasteiger partial charge < -0.3 is 20.6 Å². The Morgan fingerprint density at radius 3 is 2.33 bits per heavy atom. The number of rotatable bonds is 2. The fourth-order valence-electron chi connectivity index (χ4n) is 4.37. The lowest BCUT2D eigenvalue weighted by atomic mass is 9.81. The van der Waals surface area contributed by atoms with Crippen molar-refractivity contribution >= 4 is 29.1 Å². The molecule has 0 saturated carbocycles. The number of ketones is 1. The predicted octanol–water partition coefficient (Wildman–Crippen LogP) is 3.11. The number of nitrogens with one attached hydrogen (secondary N) is 1. The molecule has 1 amide bonds. The Morgan fingerprint density at radius 1 is 1.03 bits per heavy atom. The Labute approximate surface area is 201 Å². The van der Waals surface area contributed by atoms with E-state index < -0.39 is 36.2 Å². The number of amides is 1. The van der Waals surface area contributed by atoms with Crippen molar-refractivity contribution in [3.05, 3.63) is 22.2 Å². The molecule has 0 aliphatic carbocycles. The zero-order valence-corrected chi connectivity index (χ0v) is 21.2. The van der Waals surface area contributed by atoms with Crippen molar-refractivity contribution in [3.8, 4) is 0 Å². The zero-order chi connectivity index (χ0) is 24.7. The van der Waals surface area contributed by atoms with Crippen LogP contribution in [0, 0.1) is 30.6 Å². The summed E-state index contributed by atoms with van der Waals surface area (Å²) < 4.78 is 0. The molecule has 8 atom stereocenters. The SMILES string of the molecule is Cc1nc(/C=C/C2C[C@@H](O)[C@@H](C)CCCC(C)[C@H](O)[C@@H](C)C(=O)C(C)C(O)CC(=O)N2)cs1. The molecule has 2 rings (SSSR count). The average Bonchev–Trinajstić information content (AvgIpc) is 3.19. The molecule has 33 heavy (non-hydrogen) atoms. The Kier molecular flexibility index (Phi) is 10.7. The second kappa shape index (κ2) is 12.7. The van der Waals surface area contributed by atoms with E-state index in [9.17, 15) is 24.9 Å². The van der Waals surface area contributed by atoms with E-state index in [1.54, 1.807) is 13.8 Å². The monoisotopic (exact) mass is 480 g/mol. The molecule has 1 fully saturated rings. The maximum absolute atomic E-state index is 12.8. The number of aromatic nitrogens is 1. The van der Waals surface area contributed by atoms with E-state index >= 15 is 0 Å². The maximum atomic E-state index is 12.8. The maximum Gasteiger partial charge on any atom is 0.223 e. The lowest BCUT2D eigenvalue weighted by molar-refractivity contribution is -0.135. The number of carbonyl (C=O) groups is 2. The first kappa shape index (κ1) is 27.6. The Hall–Kier alpha value is -1.61. The number of aliphatic hydroxyl groups excluding tert-OH is 3. The van der Waals surface area contributed by atoms with Crippen molar-refractivity contribution in [2.75, 3.05) is 0 Å². The highest BCUT2D eigenvalue weighted by Crippen LogP contribution is 2.26. The molecule has 0 bridgehead atoms. The van der Waals surface area contributed by atoms with E-state index in [2.05, 4.69) is 10.3 Å². The van der Waals surface area contributed by atoms with Gasteiger partial charge in [-0.15, -0.1) is 11.3 Å². The van der Waals surface area contributed by atoms with Crippen LogP contribution in [0.2, 0.25) is 0 Å². The highest BCUT2D eigenvalue weighted by molar-refractivity contribution is 7.09. The Balaban J connectivity index is 2.21. The Bertz CT molecular complexity index is 810. The third-order valence-electron chi connectivity index (χ3n) is 6.92. The van der Waals surface area contributed by atoms with Gasteiger partial charge in [-0.05, 0) is 44.1 Å². The highest BCUT2D eigenvalue weighted by atomic mass is 32.1. The summed E-state index contributed by atoms with van der Waals surface area (Å²) in [5, 5.41) is 37.8. The summed E-state index contributed by atoms with van der Waals surface area (Å²) in [6, 6.07) is -0.428. The predicted molar refractivity (Wildman–Crippen MR) is 131 cm³/mol. The second-order valence-electron chi connectivity index (χ2n) is 9.75. The molecule has 0 aromatic carbocycles. The van der Waals surface area contributed by atoms with Crippen LogP contribution in [0.3, 0.4) is 0 Å². The standard InChI is InChI=1S/C25H40N2O5S/c1-14-7-6-8-15(2)24(31)17(4)25(32)16(3)22(29)12-23(30)27-19(11-21(14)28)9-10-20-13-33-18(5)26-20/h9-10,13-17,19,21-22,24,28-29,31H,6-8,11-12H2,1-5H3,(H,27,30)/b10-9+/t14-,15?,16?,17+,19?,21+,22?,24-/m0/s1. The average molecular weight is 481 g/mol. The molecule has 1 aromatic heterocycles. The molecular weight excluding hydrogens is 440 g/mol. The van der Waals surface area contributed by atoms with Gasteiger partial charge in [0.25, 0.3) is 0 Å². The van der Waals surface area contributed by atoms with Crippen LogP contribution in [0.5, 0.6) is 0 Å². The third kappa shape index (κ3) is 8.28. The summed E-state index contributed by atoms with van der Waals surface area (Å²) in [6.45, 7) is 9.12. The van der Waals surface area contributed by atoms with E-state index in [0.29, 0.717) is 6.42 Å². The van der Waals surface area contributed by atoms with Crippen LogP contribution < -0.4 is 5.32 Å². The summed E-state index contributed by atoms with van der Waals surface area (Å²) in [5.74, 6) is -2.08. The van der Waals surface area contributed by atoms with Crippen molar-refractivity contribution in [1.82, 2.24) is 10.3 Å². The lowest BCUT2D eigenvalue weighted by Crippen LogP contribution is -2.42. The minimum absolute atomic E-state index is 0.0150. The Morgan fingerprint density at radius 2 is 1.70 bits per heavy atom. The van der Waals surface area contributed by atoms with E-state index in [-0.39, 0.29) is 29.9 Å². The van der Waals surface area contributed by atoms with Crippen LogP contribution in [0.1, 0.15) is 70.5 Å². The molecule has 186 valence electrons. The molecule has 4 N–H and O–H groups in total. The van der Waals surface area contributed by atoms with Crippen molar-refractivity contribution in [3.63, 3.8) is 0 Å². The summed E-state index contributed by atoms with van der Waals surface area (Å²) >= 11 is 1.54. The van der Waals surface area contributed by atoms with E-state index in [1.165, 1.54) is 11.3 Å². The first-order chi connectivity index (χ1) is 15.5. The minimum atomic E-state index is -1.15. The van der Waals surface area contributed by atoms with Crippen LogP contribution in [-0.2, 0) is 9.59 Å². The number of aliphatic hydroxyl groups is 3. The van der Waals surface area contributed by atoms with Gasteiger partial charge in [-0.25, -0.2) is 4.98 Å². The lowest BCUT2D eigenvalue weighted by Gasteiger charge is -2.29. The van der Waals surface area contributed by atoms with Gasteiger partial charge in [0, 0.05) is 23.3 Å². The number of nitrogens with zero attached hydrogens (tertiary/aromatic N) is 1. The molecule has 0 radical (unpaired) electrons. The van der Waals surface area contributed by atoms with Gasteiger partial charge in [0.1, 0.15) is 5.78 Å². The summed E-state index contributed by atoms with van der Waals surface area (Å²) in [4.78, 5) is 29.9. The van der Waals surface area contributed by atoms with Gasteiger partial charge in [-0.3, -0.25) is 9.59 Å². The summed E-state index contributed by atoms with van der Waals surface area (Å²) in [7, 11) is 0. The number of hydrogen-bond acceptors (Lipinski definition) is 7. The largest absolute Gasteiger partial charge is 0.393 e. The van der Waals surface area contributed by atoms with Gasteiger partial charge in [-0.2, -0.15) is 0 Å². The highest BCUT2D eigenvalue weighted by Gasteiger charge is 2.34. The van der Waals surface area contributed by atoms with Gasteiger partial charge in [0.15, 0.2) is 0 Å². The van der Waals surface area contributed by atoms with E-state index in [4.69, 9.17) is 0 Å². The van der Waals surface area contributed by atoms with Crippen LogP contribution >= 0.6 is 11.3 Å². The van der Waals surface area contributed by atoms with Gasteiger partial charge in [-0.1, -0.05) is 40.2 Å². The second-order valence-corrected chi connectivity index (χ2v) is 10.8. The molecular formula is C25H40N2O5S. The topological polar surface area (TPSA) is 120 Å². The summed E-state index contributed by atoms with van der Waals surface area (Å²) in [5.41, 5.74) is 0.794. The number of Topliss-reactive ketones (excluding diaryl/α,β-unsaturated/α-hetero) is 1. The number of carbonyl (C=O) groups excluding carboxylic acids is 2. The van der Waals surface area contributed by atoms with Crippen LogP contribution in [-0.4, -0.2) is 56.3 Å². The van der Waals surface area contributed by atoms with Crippen LogP contribution in [0.25, 0.3) is 6.08 Å². The first-order valence-electron chi connectivity index (χ1n) is 12.0. The van der Waals surface area contributed by atoms with Gasteiger partial charge >= 0.3 is 0 Å². The molecule has 1 aliphatic heterocycles. The first-order valence-corrected chi connectivity index (χ1v) is 12.8. The van der Waals surface area contributed by atoms with E-state index in [1.807, 2.05) is 38.3 Å². The van der Waals surface area contributed by atoms with Crippen LogP contribution in [0.15, 0.2) is 11.5 Å². The summed E-state index contributed by atoms with van der Waals surface area (Å²) in [6.07, 6.45) is 3.55.